The van der Waals surface area contributed by atoms with Crippen molar-refractivity contribution in [2.75, 3.05) is 26.3 Å². The monoisotopic (exact) mass is 304 g/mol. The summed E-state index contributed by atoms with van der Waals surface area (Å²) in [6.45, 7) is 3.40. The molecule has 0 aromatic carbocycles. The van der Waals surface area contributed by atoms with Crippen molar-refractivity contribution >= 4 is 11.8 Å². The van der Waals surface area contributed by atoms with E-state index in [1.807, 2.05) is 0 Å². The van der Waals surface area contributed by atoms with E-state index in [0.29, 0.717) is 35.1 Å². The van der Waals surface area contributed by atoms with Crippen LogP contribution in [0.15, 0.2) is 0 Å². The number of ether oxygens (including phenoxy) is 1. The summed E-state index contributed by atoms with van der Waals surface area (Å²) in [7, 11) is 0. The van der Waals surface area contributed by atoms with Crippen molar-refractivity contribution in [3.63, 3.8) is 0 Å². The molecule has 2 heterocycles. The fraction of sp³-hybridized carbons (Fsp3) is 0.882. The van der Waals surface area contributed by atoms with E-state index in [1.165, 1.54) is 0 Å². The van der Waals surface area contributed by atoms with Crippen LogP contribution in [0.25, 0.3) is 0 Å². The van der Waals surface area contributed by atoms with E-state index >= 15 is 0 Å². The van der Waals surface area contributed by atoms with Gasteiger partial charge >= 0.3 is 0 Å². The zero-order valence-corrected chi connectivity index (χ0v) is 12.9. The van der Waals surface area contributed by atoms with Gasteiger partial charge in [0.2, 0.25) is 11.8 Å². The van der Waals surface area contributed by atoms with E-state index in [0.717, 1.165) is 58.4 Å². The SMILES string of the molecule is O=C(NC1CC2(CCN(C(=O)C3[C@H]4COC[C@@H]34)C2)C1)C1CC1. The molecular formula is C17H24N2O3. The maximum atomic E-state index is 12.6. The first-order valence-electron chi connectivity index (χ1n) is 8.82. The Morgan fingerprint density at radius 2 is 1.86 bits per heavy atom. The van der Waals surface area contributed by atoms with Crippen LogP contribution >= 0.6 is 0 Å². The largest absolute Gasteiger partial charge is 0.381 e. The maximum Gasteiger partial charge on any atom is 0.226 e. The summed E-state index contributed by atoms with van der Waals surface area (Å²) in [5.74, 6) is 2.22. The second-order valence-electron chi connectivity index (χ2n) is 8.29. The minimum atomic E-state index is 0.259. The summed E-state index contributed by atoms with van der Waals surface area (Å²) < 4.78 is 5.39. The first kappa shape index (κ1) is 13.3. The first-order chi connectivity index (χ1) is 10.7. The minimum Gasteiger partial charge on any atom is -0.381 e. The van der Waals surface area contributed by atoms with Gasteiger partial charge in [-0.25, -0.2) is 0 Å². The molecule has 5 aliphatic rings. The second kappa shape index (κ2) is 4.47. The Morgan fingerprint density at radius 1 is 1.14 bits per heavy atom. The van der Waals surface area contributed by atoms with Gasteiger partial charge in [-0.1, -0.05) is 0 Å². The molecular weight excluding hydrogens is 280 g/mol. The summed E-state index contributed by atoms with van der Waals surface area (Å²) in [5, 5.41) is 3.18. The molecule has 0 aromatic heterocycles. The van der Waals surface area contributed by atoms with E-state index < -0.39 is 0 Å². The summed E-state index contributed by atoms with van der Waals surface area (Å²) >= 11 is 0. The number of nitrogens with one attached hydrogen (secondary N) is 1. The fourth-order valence-electron chi connectivity index (χ4n) is 5.03. The number of carbonyl (C=O) groups is 2. The van der Waals surface area contributed by atoms with Gasteiger partial charge in [0, 0.05) is 31.0 Å². The Hall–Kier alpha value is -1.10. The lowest BCUT2D eigenvalue weighted by Gasteiger charge is -2.45. The number of amides is 2. The van der Waals surface area contributed by atoms with Crippen LogP contribution in [0.4, 0.5) is 0 Å². The molecule has 1 N–H and O–H groups in total. The molecule has 0 aromatic rings. The lowest BCUT2D eigenvalue weighted by atomic mass is 9.65. The molecule has 5 heteroatoms. The zero-order chi connectivity index (χ0) is 14.9. The van der Waals surface area contributed by atoms with Crippen molar-refractivity contribution in [1.82, 2.24) is 10.2 Å². The number of rotatable bonds is 3. The Morgan fingerprint density at radius 3 is 2.55 bits per heavy atom. The normalized spacial score (nSPS) is 45.5. The summed E-state index contributed by atoms with van der Waals surface area (Å²) in [6.07, 6.45) is 5.39. The average molecular weight is 304 g/mol. The van der Waals surface area contributed by atoms with Gasteiger partial charge in [0.1, 0.15) is 0 Å². The standard InChI is InChI=1S/C17H24N2O3/c20-15(10-1-2-10)18-11-5-17(6-11)3-4-19(9-17)16(21)14-12-7-22-8-13(12)14/h10-14H,1-9H2,(H,18,20)/t11?,12-,13+,14?,17?. The van der Waals surface area contributed by atoms with Gasteiger partial charge in [-0.05, 0) is 49.4 Å². The number of carbonyl (C=O) groups excluding carboxylic acids is 2. The molecule has 0 radical (unpaired) electrons. The van der Waals surface area contributed by atoms with Crippen molar-refractivity contribution in [1.29, 1.82) is 0 Å². The van der Waals surface area contributed by atoms with Crippen LogP contribution in [0.5, 0.6) is 0 Å². The van der Waals surface area contributed by atoms with E-state index in [4.69, 9.17) is 4.74 Å². The van der Waals surface area contributed by atoms with Gasteiger partial charge in [-0.3, -0.25) is 9.59 Å². The van der Waals surface area contributed by atoms with Crippen LogP contribution in [-0.2, 0) is 14.3 Å². The quantitative estimate of drug-likeness (QED) is 0.838. The van der Waals surface area contributed by atoms with Crippen molar-refractivity contribution in [3.05, 3.63) is 0 Å². The molecule has 3 saturated carbocycles. The smallest absolute Gasteiger partial charge is 0.226 e. The molecule has 120 valence electrons. The molecule has 22 heavy (non-hydrogen) atoms. The highest BCUT2D eigenvalue weighted by atomic mass is 16.5. The lowest BCUT2D eigenvalue weighted by molar-refractivity contribution is -0.134. The number of hydrogen-bond acceptors (Lipinski definition) is 3. The number of fused-ring (bicyclic) bond motifs is 1. The van der Waals surface area contributed by atoms with Crippen LogP contribution in [0, 0.1) is 29.1 Å². The third-order valence-electron chi connectivity index (χ3n) is 6.64. The molecule has 1 unspecified atom stereocenters. The van der Waals surface area contributed by atoms with E-state index in [-0.39, 0.29) is 11.8 Å². The van der Waals surface area contributed by atoms with Gasteiger partial charge < -0.3 is 15.0 Å². The third kappa shape index (κ3) is 2.01. The molecule has 0 bridgehead atoms. The molecule has 5 rings (SSSR count). The van der Waals surface area contributed by atoms with Crippen LogP contribution in [-0.4, -0.2) is 49.1 Å². The summed E-state index contributed by atoms with van der Waals surface area (Å²) in [5.41, 5.74) is 0.303. The van der Waals surface area contributed by atoms with Crippen molar-refractivity contribution < 1.29 is 14.3 Å². The molecule has 2 saturated heterocycles. The van der Waals surface area contributed by atoms with Gasteiger partial charge in [-0.2, -0.15) is 0 Å². The first-order valence-corrected chi connectivity index (χ1v) is 8.82. The highest BCUT2D eigenvalue weighted by Crippen LogP contribution is 2.54. The van der Waals surface area contributed by atoms with Gasteiger partial charge in [0.25, 0.3) is 0 Å². The van der Waals surface area contributed by atoms with Gasteiger partial charge in [-0.15, -0.1) is 0 Å². The zero-order valence-electron chi connectivity index (χ0n) is 12.9. The predicted molar refractivity (Wildman–Crippen MR) is 78.8 cm³/mol. The maximum absolute atomic E-state index is 12.6. The van der Waals surface area contributed by atoms with Crippen LogP contribution in [0.1, 0.15) is 32.1 Å². The van der Waals surface area contributed by atoms with Gasteiger partial charge in [0.15, 0.2) is 0 Å². The number of likely N-dealkylation sites (tertiary alicyclic amines) is 1. The lowest BCUT2D eigenvalue weighted by Crippen LogP contribution is -2.52. The topological polar surface area (TPSA) is 58.6 Å². The Balaban J connectivity index is 1.13. The van der Waals surface area contributed by atoms with Crippen LogP contribution in [0.3, 0.4) is 0 Å². The number of nitrogens with zero attached hydrogens (tertiary/aromatic N) is 1. The molecule has 5 nitrogen and oxygen atoms in total. The van der Waals surface area contributed by atoms with E-state index in [9.17, 15) is 9.59 Å². The Bertz CT molecular complexity index is 514. The van der Waals surface area contributed by atoms with Crippen molar-refractivity contribution in [3.8, 4) is 0 Å². The molecule has 3 aliphatic carbocycles. The molecule has 5 fully saturated rings. The predicted octanol–water partition coefficient (Wildman–Crippen LogP) is 0.786. The summed E-state index contributed by atoms with van der Waals surface area (Å²) in [4.78, 5) is 26.5. The van der Waals surface area contributed by atoms with E-state index in [1.54, 1.807) is 0 Å². The van der Waals surface area contributed by atoms with E-state index in [2.05, 4.69) is 10.2 Å². The minimum absolute atomic E-state index is 0.259. The Kier molecular flexibility index (Phi) is 2.71. The Labute approximate surface area is 130 Å². The third-order valence-corrected chi connectivity index (χ3v) is 6.64. The van der Waals surface area contributed by atoms with Gasteiger partial charge in [0.05, 0.1) is 13.2 Å². The summed E-state index contributed by atoms with van der Waals surface area (Å²) in [6, 6.07) is 0.358. The highest BCUT2D eigenvalue weighted by Gasteiger charge is 2.60. The van der Waals surface area contributed by atoms with Crippen molar-refractivity contribution in [2.24, 2.45) is 29.1 Å². The highest BCUT2D eigenvalue weighted by molar-refractivity contribution is 5.83. The molecule has 1 spiro atoms. The second-order valence-corrected chi connectivity index (χ2v) is 8.29. The fourth-order valence-corrected chi connectivity index (χ4v) is 5.03. The van der Waals surface area contributed by atoms with Crippen molar-refractivity contribution in [2.45, 2.75) is 38.1 Å². The van der Waals surface area contributed by atoms with Crippen LogP contribution < -0.4 is 5.32 Å². The molecule has 2 aliphatic heterocycles. The molecule has 2 amide bonds. The molecule has 3 atom stereocenters. The van der Waals surface area contributed by atoms with Crippen LogP contribution in [0.2, 0.25) is 0 Å². The average Bonchev–Trinajstić information content (AvgIpc) is 3.34. The number of hydrogen-bond donors (Lipinski definition) is 1.